The molecule has 136 valence electrons. The van der Waals surface area contributed by atoms with Crippen LogP contribution in [0.1, 0.15) is 28.1 Å². The molecule has 6 nitrogen and oxygen atoms in total. The number of aryl methyl sites for hydroxylation is 2. The molecule has 3 aromatic rings. The molecule has 0 bridgehead atoms. The maximum atomic E-state index is 4.52. The van der Waals surface area contributed by atoms with Crippen molar-refractivity contribution in [2.75, 3.05) is 7.05 Å². The Labute approximate surface area is 158 Å². The van der Waals surface area contributed by atoms with Crippen molar-refractivity contribution < 1.29 is 0 Å². The predicted molar refractivity (Wildman–Crippen MR) is 107 cm³/mol. The zero-order chi connectivity index (χ0) is 18.4. The van der Waals surface area contributed by atoms with Crippen LogP contribution in [0.4, 0.5) is 0 Å². The Kier molecular flexibility index (Phi) is 6.01. The van der Waals surface area contributed by atoms with Crippen LogP contribution >= 0.6 is 11.3 Å². The molecule has 0 aliphatic carbocycles. The highest BCUT2D eigenvalue weighted by atomic mass is 32.1. The van der Waals surface area contributed by atoms with Gasteiger partial charge in [-0.3, -0.25) is 9.56 Å². The van der Waals surface area contributed by atoms with E-state index in [9.17, 15) is 0 Å². The normalized spacial score (nSPS) is 11.6. The van der Waals surface area contributed by atoms with Gasteiger partial charge in [0.2, 0.25) is 0 Å². The lowest BCUT2D eigenvalue weighted by Crippen LogP contribution is -2.36. The topological polar surface area (TPSA) is 67.1 Å². The number of guanidine groups is 1. The van der Waals surface area contributed by atoms with Crippen molar-refractivity contribution in [2.45, 2.75) is 33.4 Å². The second-order valence-electron chi connectivity index (χ2n) is 5.87. The third-order valence-corrected chi connectivity index (χ3v) is 5.29. The van der Waals surface area contributed by atoms with E-state index in [4.69, 9.17) is 0 Å². The minimum atomic E-state index is 0.667. The Hall–Kier alpha value is -2.67. The maximum absolute atomic E-state index is 4.52. The van der Waals surface area contributed by atoms with Crippen LogP contribution in [0.25, 0.3) is 5.82 Å². The lowest BCUT2D eigenvalue weighted by Gasteiger charge is -2.11. The van der Waals surface area contributed by atoms with E-state index < -0.39 is 0 Å². The SMILES string of the molecule is CCc1ccc(CNC(=NC)NCc2ccc(-n3ccnc3C)nc2)s1. The lowest BCUT2D eigenvalue weighted by atomic mass is 10.3. The van der Waals surface area contributed by atoms with E-state index >= 15 is 0 Å². The summed E-state index contributed by atoms with van der Waals surface area (Å²) in [6.45, 7) is 5.59. The number of hydrogen-bond donors (Lipinski definition) is 2. The number of nitrogens with zero attached hydrogens (tertiary/aromatic N) is 4. The molecule has 0 aliphatic heterocycles. The molecular weight excluding hydrogens is 344 g/mol. The standard InChI is InChI=1S/C19H24N6S/c1-4-16-6-7-17(26-16)13-24-19(20-3)23-12-15-5-8-18(22-11-15)25-10-9-21-14(25)2/h5-11H,4,12-13H2,1-3H3,(H2,20,23,24). The Morgan fingerprint density at radius 2 is 1.92 bits per heavy atom. The van der Waals surface area contributed by atoms with Gasteiger partial charge >= 0.3 is 0 Å². The van der Waals surface area contributed by atoms with Crippen molar-refractivity contribution >= 4 is 17.3 Å². The van der Waals surface area contributed by atoms with Crippen LogP contribution in [-0.2, 0) is 19.5 Å². The first-order valence-corrected chi connectivity index (χ1v) is 9.48. The summed E-state index contributed by atoms with van der Waals surface area (Å²) in [5, 5.41) is 6.68. The average molecular weight is 369 g/mol. The van der Waals surface area contributed by atoms with E-state index in [2.05, 4.69) is 50.7 Å². The van der Waals surface area contributed by atoms with Gasteiger partial charge in [0.05, 0.1) is 6.54 Å². The molecule has 0 aliphatic rings. The first-order valence-electron chi connectivity index (χ1n) is 8.67. The van der Waals surface area contributed by atoms with Crippen LogP contribution in [0.2, 0.25) is 0 Å². The van der Waals surface area contributed by atoms with Gasteiger partial charge in [0.1, 0.15) is 11.6 Å². The Balaban J connectivity index is 1.52. The number of rotatable bonds is 6. The third kappa shape index (κ3) is 4.49. The van der Waals surface area contributed by atoms with Crippen LogP contribution in [-0.4, -0.2) is 27.5 Å². The van der Waals surface area contributed by atoms with Gasteiger partial charge in [0.25, 0.3) is 0 Å². The number of hydrogen-bond acceptors (Lipinski definition) is 4. The van der Waals surface area contributed by atoms with E-state index in [-0.39, 0.29) is 0 Å². The molecule has 3 aromatic heterocycles. The van der Waals surface area contributed by atoms with Crippen molar-refractivity contribution in [1.82, 2.24) is 25.2 Å². The van der Waals surface area contributed by atoms with Crippen LogP contribution in [0.15, 0.2) is 47.8 Å². The summed E-state index contributed by atoms with van der Waals surface area (Å²) < 4.78 is 1.96. The second kappa shape index (κ2) is 8.62. The summed E-state index contributed by atoms with van der Waals surface area (Å²) in [5.41, 5.74) is 1.10. The van der Waals surface area contributed by atoms with Crippen molar-refractivity contribution in [3.05, 3.63) is 64.0 Å². The van der Waals surface area contributed by atoms with Gasteiger partial charge in [-0.25, -0.2) is 9.97 Å². The monoisotopic (exact) mass is 368 g/mol. The molecule has 3 rings (SSSR count). The van der Waals surface area contributed by atoms with E-state index in [1.54, 1.807) is 13.2 Å². The van der Waals surface area contributed by atoms with Gasteiger partial charge in [0.15, 0.2) is 5.96 Å². The van der Waals surface area contributed by atoms with E-state index in [0.29, 0.717) is 6.54 Å². The fraction of sp³-hybridized carbons (Fsp3) is 0.316. The minimum Gasteiger partial charge on any atom is -0.352 e. The third-order valence-electron chi connectivity index (χ3n) is 4.06. The Morgan fingerprint density at radius 1 is 1.12 bits per heavy atom. The smallest absolute Gasteiger partial charge is 0.191 e. The van der Waals surface area contributed by atoms with Crippen molar-refractivity contribution in [3.63, 3.8) is 0 Å². The number of imidazole rings is 1. The first-order chi connectivity index (χ1) is 12.7. The van der Waals surface area contributed by atoms with Crippen molar-refractivity contribution in [1.29, 1.82) is 0 Å². The summed E-state index contributed by atoms with van der Waals surface area (Å²) in [4.78, 5) is 15.7. The zero-order valence-electron chi connectivity index (χ0n) is 15.4. The number of aliphatic imine (C=N–C) groups is 1. The summed E-state index contributed by atoms with van der Waals surface area (Å²) in [6, 6.07) is 8.42. The predicted octanol–water partition coefficient (Wildman–Crippen LogP) is 3.06. The minimum absolute atomic E-state index is 0.667. The number of thiophene rings is 1. The molecule has 0 amide bonds. The number of aromatic nitrogens is 3. The average Bonchev–Trinajstić information content (AvgIpc) is 3.31. The van der Waals surface area contributed by atoms with Gasteiger partial charge in [-0.2, -0.15) is 0 Å². The largest absolute Gasteiger partial charge is 0.352 e. The second-order valence-corrected chi connectivity index (χ2v) is 7.12. The fourth-order valence-electron chi connectivity index (χ4n) is 2.57. The molecule has 7 heteroatoms. The maximum Gasteiger partial charge on any atom is 0.191 e. The number of nitrogens with one attached hydrogen (secondary N) is 2. The molecule has 0 unspecified atom stereocenters. The molecule has 26 heavy (non-hydrogen) atoms. The van der Waals surface area contributed by atoms with Gasteiger partial charge in [0, 0.05) is 41.9 Å². The first kappa shape index (κ1) is 18.1. The van der Waals surface area contributed by atoms with E-state index in [1.807, 2.05) is 41.3 Å². The molecule has 0 aromatic carbocycles. The van der Waals surface area contributed by atoms with Crippen molar-refractivity contribution in [2.24, 2.45) is 4.99 Å². The van der Waals surface area contributed by atoms with Crippen LogP contribution < -0.4 is 10.6 Å². The highest BCUT2D eigenvalue weighted by molar-refractivity contribution is 7.11. The summed E-state index contributed by atoms with van der Waals surface area (Å²) in [5.74, 6) is 2.58. The van der Waals surface area contributed by atoms with Gasteiger partial charge in [-0.1, -0.05) is 13.0 Å². The molecule has 2 N–H and O–H groups in total. The van der Waals surface area contributed by atoms with Crippen LogP contribution in [0.5, 0.6) is 0 Å². The Morgan fingerprint density at radius 3 is 2.54 bits per heavy atom. The highest BCUT2D eigenvalue weighted by Crippen LogP contribution is 2.16. The van der Waals surface area contributed by atoms with Crippen LogP contribution in [0.3, 0.4) is 0 Å². The highest BCUT2D eigenvalue weighted by Gasteiger charge is 2.04. The summed E-state index contributed by atoms with van der Waals surface area (Å²) in [6.07, 6.45) is 6.65. The van der Waals surface area contributed by atoms with Gasteiger partial charge in [-0.15, -0.1) is 11.3 Å². The summed E-state index contributed by atoms with van der Waals surface area (Å²) in [7, 11) is 1.78. The van der Waals surface area contributed by atoms with Crippen molar-refractivity contribution in [3.8, 4) is 5.82 Å². The van der Waals surface area contributed by atoms with Gasteiger partial charge in [-0.05, 0) is 37.1 Å². The lowest BCUT2D eigenvalue weighted by molar-refractivity contribution is 0.811. The Bertz CT molecular complexity index is 862. The zero-order valence-corrected chi connectivity index (χ0v) is 16.2. The number of pyridine rings is 1. The van der Waals surface area contributed by atoms with Gasteiger partial charge < -0.3 is 10.6 Å². The van der Waals surface area contributed by atoms with Crippen LogP contribution in [0, 0.1) is 6.92 Å². The molecule has 0 atom stereocenters. The molecule has 0 saturated heterocycles. The quantitative estimate of drug-likeness (QED) is 0.518. The molecule has 0 fully saturated rings. The molecule has 3 heterocycles. The summed E-state index contributed by atoms with van der Waals surface area (Å²) >= 11 is 1.84. The van der Waals surface area contributed by atoms with E-state index in [0.717, 1.165) is 36.1 Å². The molecular formula is C19H24N6S. The van der Waals surface area contributed by atoms with E-state index in [1.165, 1.54) is 9.75 Å². The molecule has 0 radical (unpaired) electrons. The fourth-order valence-corrected chi connectivity index (χ4v) is 3.47. The molecule has 0 saturated carbocycles. The molecule has 0 spiro atoms.